The second kappa shape index (κ2) is 10.7. The summed E-state index contributed by atoms with van der Waals surface area (Å²) in [5.41, 5.74) is 9.99. The number of aromatic nitrogens is 1. The van der Waals surface area contributed by atoms with Crippen molar-refractivity contribution in [2.45, 2.75) is 0 Å². The van der Waals surface area contributed by atoms with Crippen LogP contribution in [-0.2, 0) is 0 Å². The molecule has 0 saturated carbocycles. The van der Waals surface area contributed by atoms with Gasteiger partial charge in [-0.15, -0.1) is 11.3 Å². The minimum atomic E-state index is 0.639. The number of thiophene rings is 1. The molecule has 0 bridgehead atoms. The van der Waals surface area contributed by atoms with Crippen molar-refractivity contribution in [2.24, 2.45) is 0 Å². The highest BCUT2D eigenvalue weighted by Gasteiger charge is 2.21. The lowest BCUT2D eigenvalue weighted by atomic mass is 10.0. The van der Waals surface area contributed by atoms with Crippen LogP contribution in [0.15, 0.2) is 167 Å². The molecule has 3 aromatic heterocycles. The van der Waals surface area contributed by atoms with Gasteiger partial charge < -0.3 is 13.7 Å². The topological polar surface area (TPSA) is 42.4 Å². The monoisotopic (exact) mass is 634 g/mol. The van der Waals surface area contributed by atoms with Crippen molar-refractivity contribution >= 4 is 81.6 Å². The Morgan fingerprint density at radius 1 is 0.458 bits per heavy atom. The SMILES string of the molecule is c1ccc(-c2cccc(N(c3ccc4oc5ccccc5c4c3)c3cccc4c3sc3cc5oc(-c6ccccc6)nc5cc34)c2)cc1. The summed E-state index contributed by atoms with van der Waals surface area (Å²) in [5, 5.41) is 4.57. The number of rotatable bonds is 5. The van der Waals surface area contributed by atoms with E-state index in [1.165, 1.54) is 21.0 Å². The number of furan rings is 1. The normalized spacial score (nSPS) is 11.8. The minimum absolute atomic E-state index is 0.639. The van der Waals surface area contributed by atoms with Crippen LogP contribution in [0.25, 0.3) is 75.8 Å². The Hall–Kier alpha value is -6.17. The van der Waals surface area contributed by atoms with E-state index in [1.54, 1.807) is 11.3 Å². The molecule has 0 unspecified atom stereocenters. The molecule has 0 aliphatic carbocycles. The summed E-state index contributed by atoms with van der Waals surface area (Å²) >= 11 is 1.79. The number of para-hydroxylation sites is 1. The molecule has 10 aromatic rings. The van der Waals surface area contributed by atoms with Crippen molar-refractivity contribution in [3.8, 4) is 22.6 Å². The summed E-state index contributed by atoms with van der Waals surface area (Å²) in [6, 6.07) is 55.1. The van der Waals surface area contributed by atoms with E-state index in [0.717, 1.165) is 65.9 Å². The third-order valence-corrected chi connectivity index (χ3v) is 10.3. The van der Waals surface area contributed by atoms with E-state index in [0.29, 0.717) is 5.89 Å². The van der Waals surface area contributed by atoms with Crippen LogP contribution in [0.1, 0.15) is 0 Å². The van der Waals surface area contributed by atoms with Gasteiger partial charge in [-0.3, -0.25) is 0 Å². The van der Waals surface area contributed by atoms with Crippen LogP contribution < -0.4 is 4.90 Å². The third-order valence-electron chi connectivity index (χ3n) is 9.08. The van der Waals surface area contributed by atoms with Crippen molar-refractivity contribution in [3.05, 3.63) is 158 Å². The fourth-order valence-electron chi connectivity index (χ4n) is 6.82. The van der Waals surface area contributed by atoms with Crippen LogP contribution in [0.4, 0.5) is 17.1 Å². The maximum atomic E-state index is 6.27. The van der Waals surface area contributed by atoms with Crippen LogP contribution in [0.2, 0.25) is 0 Å². The van der Waals surface area contributed by atoms with Gasteiger partial charge in [0.1, 0.15) is 16.7 Å². The quantitative estimate of drug-likeness (QED) is 0.189. The largest absolute Gasteiger partial charge is 0.456 e. The maximum Gasteiger partial charge on any atom is 0.227 e. The molecular weight excluding hydrogens is 609 g/mol. The highest BCUT2D eigenvalue weighted by molar-refractivity contribution is 7.26. The predicted molar refractivity (Wildman–Crippen MR) is 200 cm³/mol. The Morgan fingerprint density at radius 2 is 1.17 bits per heavy atom. The number of hydrogen-bond acceptors (Lipinski definition) is 5. The first-order valence-electron chi connectivity index (χ1n) is 15.9. The Morgan fingerprint density at radius 3 is 2.04 bits per heavy atom. The van der Waals surface area contributed by atoms with Crippen LogP contribution in [0.3, 0.4) is 0 Å². The lowest BCUT2D eigenvalue weighted by molar-refractivity contribution is 0.620. The lowest BCUT2D eigenvalue weighted by Gasteiger charge is -2.26. The highest BCUT2D eigenvalue weighted by Crippen LogP contribution is 2.47. The van der Waals surface area contributed by atoms with Crippen LogP contribution in [0.5, 0.6) is 0 Å². The molecule has 0 spiro atoms. The molecule has 0 aliphatic heterocycles. The number of fused-ring (bicyclic) bond motifs is 7. The summed E-state index contributed by atoms with van der Waals surface area (Å²) < 4.78 is 14.9. The van der Waals surface area contributed by atoms with Crippen molar-refractivity contribution in [2.75, 3.05) is 4.90 Å². The van der Waals surface area contributed by atoms with E-state index in [9.17, 15) is 0 Å². The van der Waals surface area contributed by atoms with Gasteiger partial charge in [0, 0.05) is 49.2 Å². The van der Waals surface area contributed by atoms with Crippen molar-refractivity contribution in [3.63, 3.8) is 0 Å². The fourth-order valence-corrected chi connectivity index (χ4v) is 8.04. The molecule has 0 fully saturated rings. The number of nitrogens with zero attached hydrogens (tertiary/aromatic N) is 2. The summed E-state index contributed by atoms with van der Waals surface area (Å²) in [4.78, 5) is 7.25. The number of hydrogen-bond donors (Lipinski definition) is 0. The van der Waals surface area contributed by atoms with Crippen molar-refractivity contribution in [1.82, 2.24) is 4.98 Å². The van der Waals surface area contributed by atoms with Crippen molar-refractivity contribution < 1.29 is 8.83 Å². The zero-order valence-electron chi connectivity index (χ0n) is 25.6. The Labute approximate surface area is 279 Å². The van der Waals surface area contributed by atoms with Gasteiger partial charge in [0.05, 0.1) is 10.4 Å². The zero-order valence-corrected chi connectivity index (χ0v) is 26.4. The summed E-state index contributed by atoms with van der Waals surface area (Å²) in [7, 11) is 0. The Kier molecular flexibility index (Phi) is 6.01. The molecule has 3 heterocycles. The third kappa shape index (κ3) is 4.33. The number of benzene rings is 7. The molecule has 4 nitrogen and oxygen atoms in total. The zero-order chi connectivity index (χ0) is 31.6. The van der Waals surface area contributed by atoms with Gasteiger partial charge in [0.25, 0.3) is 0 Å². The average Bonchev–Trinajstić information content (AvgIpc) is 3.85. The van der Waals surface area contributed by atoms with Gasteiger partial charge in [0.2, 0.25) is 5.89 Å². The molecule has 7 aromatic carbocycles. The molecule has 0 radical (unpaired) electrons. The van der Waals surface area contributed by atoms with Crippen molar-refractivity contribution in [1.29, 1.82) is 0 Å². The first kappa shape index (κ1) is 27.0. The predicted octanol–water partition coefficient (Wildman–Crippen LogP) is 12.9. The van der Waals surface area contributed by atoms with Crippen LogP contribution in [0, 0.1) is 0 Å². The summed E-state index contributed by atoms with van der Waals surface area (Å²) in [6.07, 6.45) is 0. The number of anilines is 3. The molecule has 10 rings (SSSR count). The molecule has 0 N–H and O–H groups in total. The molecule has 5 heteroatoms. The van der Waals surface area contributed by atoms with E-state index >= 15 is 0 Å². The van der Waals surface area contributed by atoms with Gasteiger partial charge >= 0.3 is 0 Å². The van der Waals surface area contributed by atoms with Gasteiger partial charge in [-0.25, -0.2) is 4.98 Å². The molecule has 0 saturated heterocycles. The Balaban J connectivity index is 1.19. The summed E-state index contributed by atoms with van der Waals surface area (Å²) in [6.45, 7) is 0. The van der Waals surface area contributed by atoms with Gasteiger partial charge in [0.15, 0.2) is 5.58 Å². The van der Waals surface area contributed by atoms with Gasteiger partial charge in [-0.2, -0.15) is 0 Å². The Bertz CT molecular complexity index is 2790. The van der Waals surface area contributed by atoms with E-state index in [4.69, 9.17) is 13.8 Å². The summed E-state index contributed by atoms with van der Waals surface area (Å²) in [5.74, 6) is 0.639. The molecule has 0 atom stereocenters. The first-order valence-corrected chi connectivity index (χ1v) is 16.8. The van der Waals surface area contributed by atoms with E-state index in [-0.39, 0.29) is 0 Å². The smallest absolute Gasteiger partial charge is 0.227 e. The van der Waals surface area contributed by atoms with Crippen LogP contribution >= 0.6 is 11.3 Å². The van der Waals surface area contributed by atoms with Gasteiger partial charge in [-0.05, 0) is 71.8 Å². The van der Waals surface area contributed by atoms with E-state index in [1.807, 2.05) is 42.5 Å². The second-order valence-electron chi connectivity index (χ2n) is 12.0. The number of oxazole rings is 1. The molecular formula is C43H26N2O2S. The van der Waals surface area contributed by atoms with Crippen LogP contribution in [-0.4, -0.2) is 4.98 Å². The fraction of sp³-hybridized carbons (Fsp3) is 0. The van der Waals surface area contributed by atoms with Gasteiger partial charge in [-0.1, -0.05) is 91.0 Å². The maximum absolute atomic E-state index is 6.27. The standard InChI is InChI=1S/C43H26N2O2S/c1-3-11-27(12-4-1)29-15-9-16-30(23-29)45(31-21-22-39-34(24-31)32-17-7-8-20-38(32)46-39)37-19-10-18-33-35-25-36-40(26-41(35)48-42(33)37)47-43(44-36)28-13-5-2-6-14-28/h1-26H. The van der Waals surface area contributed by atoms with E-state index < -0.39 is 0 Å². The molecule has 48 heavy (non-hydrogen) atoms. The average molecular weight is 635 g/mol. The molecule has 226 valence electrons. The lowest BCUT2D eigenvalue weighted by Crippen LogP contribution is -2.10. The molecule has 0 amide bonds. The second-order valence-corrected chi connectivity index (χ2v) is 13.0. The highest BCUT2D eigenvalue weighted by atomic mass is 32.1. The van der Waals surface area contributed by atoms with E-state index in [2.05, 4.69) is 120 Å². The molecule has 0 aliphatic rings. The minimum Gasteiger partial charge on any atom is -0.456 e. The first-order chi connectivity index (χ1) is 23.8.